The van der Waals surface area contributed by atoms with Gasteiger partial charge in [0.25, 0.3) is 0 Å². The summed E-state index contributed by atoms with van der Waals surface area (Å²) in [5, 5.41) is 9.24. The molecule has 0 spiro atoms. The van der Waals surface area contributed by atoms with Crippen LogP contribution in [-0.4, -0.2) is 35.0 Å². The van der Waals surface area contributed by atoms with Crippen LogP contribution in [0.1, 0.15) is 54.4 Å². The monoisotopic (exact) mass is 292 g/mol. The molecule has 118 valence electrons. The average Bonchev–Trinajstić information content (AvgIpc) is 2.36. The van der Waals surface area contributed by atoms with E-state index in [-0.39, 0.29) is 17.4 Å². The van der Waals surface area contributed by atoms with Gasteiger partial charge in [0.2, 0.25) is 5.91 Å². The zero-order valence-electron chi connectivity index (χ0n) is 14.1. The third-order valence-electron chi connectivity index (χ3n) is 3.46. The van der Waals surface area contributed by atoms with E-state index in [0.717, 1.165) is 24.3 Å². The summed E-state index contributed by atoms with van der Waals surface area (Å²) in [7, 11) is 0. The number of carbonyl (C=O) groups is 1. The van der Waals surface area contributed by atoms with Crippen LogP contribution in [0.15, 0.2) is 21.9 Å². The molecule has 1 rings (SSSR count). The normalized spacial score (nSPS) is 17.5. The molecule has 1 N–H and O–H groups in total. The maximum absolute atomic E-state index is 12.2. The minimum Gasteiger partial charge on any atom is -0.351 e. The summed E-state index contributed by atoms with van der Waals surface area (Å²) in [4.78, 5) is 16.5. The van der Waals surface area contributed by atoms with Crippen LogP contribution in [0.5, 0.6) is 0 Å². The quantitative estimate of drug-likeness (QED) is 0.765. The molecule has 1 heterocycles. The number of hydrazone groups is 1. The van der Waals surface area contributed by atoms with E-state index in [1.165, 1.54) is 0 Å². The number of nitrogens with one attached hydrogen (secondary N) is 1. The van der Waals surface area contributed by atoms with E-state index in [0.29, 0.717) is 6.67 Å². The van der Waals surface area contributed by atoms with Crippen molar-refractivity contribution in [2.75, 3.05) is 6.67 Å². The van der Waals surface area contributed by atoms with Gasteiger partial charge in [-0.1, -0.05) is 13.3 Å². The fourth-order valence-electron chi connectivity index (χ4n) is 2.22. The number of aliphatic imine (C=N–C) groups is 1. The minimum atomic E-state index is -0.263. The second-order valence-electron chi connectivity index (χ2n) is 6.30. The first-order valence-electron chi connectivity index (χ1n) is 7.58. The topological polar surface area (TPSA) is 57.1 Å². The Bertz CT molecular complexity index is 463. The number of hydrogen-bond acceptors (Lipinski definition) is 4. The van der Waals surface area contributed by atoms with Crippen molar-refractivity contribution in [2.24, 2.45) is 16.0 Å². The van der Waals surface area contributed by atoms with Crippen LogP contribution in [0.4, 0.5) is 0 Å². The van der Waals surface area contributed by atoms with Crippen molar-refractivity contribution in [1.29, 1.82) is 0 Å². The van der Waals surface area contributed by atoms with Crippen molar-refractivity contribution in [3.05, 3.63) is 11.8 Å². The van der Waals surface area contributed by atoms with Gasteiger partial charge in [0, 0.05) is 23.2 Å². The first-order valence-corrected chi connectivity index (χ1v) is 7.58. The third kappa shape index (κ3) is 5.69. The zero-order valence-corrected chi connectivity index (χ0v) is 14.1. The van der Waals surface area contributed by atoms with Crippen molar-refractivity contribution < 1.29 is 4.79 Å². The highest BCUT2D eigenvalue weighted by molar-refractivity contribution is 5.94. The van der Waals surface area contributed by atoms with Crippen molar-refractivity contribution in [3.63, 3.8) is 0 Å². The van der Waals surface area contributed by atoms with Crippen LogP contribution in [0.2, 0.25) is 0 Å². The highest BCUT2D eigenvalue weighted by Crippen LogP contribution is 2.12. The van der Waals surface area contributed by atoms with Gasteiger partial charge in [-0.15, -0.1) is 0 Å². The van der Waals surface area contributed by atoms with Crippen LogP contribution in [0, 0.1) is 5.92 Å². The second-order valence-corrected chi connectivity index (χ2v) is 6.30. The van der Waals surface area contributed by atoms with Gasteiger partial charge in [-0.25, -0.2) is 5.01 Å². The van der Waals surface area contributed by atoms with Crippen LogP contribution in [-0.2, 0) is 4.79 Å². The molecule has 5 heteroatoms. The maximum Gasteiger partial charge on any atom is 0.228 e. The lowest BCUT2D eigenvalue weighted by atomic mass is 9.98. The van der Waals surface area contributed by atoms with Gasteiger partial charge < -0.3 is 5.32 Å². The lowest BCUT2D eigenvalue weighted by molar-refractivity contribution is -0.124. The molecular formula is C16H28N4O. The van der Waals surface area contributed by atoms with Gasteiger partial charge in [0.1, 0.15) is 6.67 Å². The molecule has 0 bridgehead atoms. The molecule has 0 fully saturated rings. The average molecular weight is 292 g/mol. The molecule has 0 aromatic carbocycles. The molecule has 0 aromatic rings. The van der Waals surface area contributed by atoms with Gasteiger partial charge in [0.15, 0.2) is 0 Å². The van der Waals surface area contributed by atoms with E-state index in [4.69, 9.17) is 0 Å². The zero-order chi connectivity index (χ0) is 16.0. The lowest BCUT2D eigenvalue weighted by Gasteiger charge is -2.27. The fourth-order valence-corrected chi connectivity index (χ4v) is 2.22. The second kappa shape index (κ2) is 7.38. The van der Waals surface area contributed by atoms with E-state index in [1.54, 1.807) is 11.2 Å². The Kier molecular flexibility index (Phi) is 6.12. The van der Waals surface area contributed by atoms with Gasteiger partial charge in [0.05, 0.1) is 5.92 Å². The van der Waals surface area contributed by atoms with E-state index in [1.807, 2.05) is 40.7 Å². The van der Waals surface area contributed by atoms with E-state index in [2.05, 4.69) is 22.3 Å². The molecular weight excluding hydrogens is 264 g/mol. The van der Waals surface area contributed by atoms with E-state index in [9.17, 15) is 4.79 Å². The summed E-state index contributed by atoms with van der Waals surface area (Å²) in [6.07, 6.45) is 5.68. The van der Waals surface area contributed by atoms with Crippen molar-refractivity contribution in [2.45, 2.75) is 59.9 Å². The Morgan fingerprint density at radius 3 is 2.81 bits per heavy atom. The molecule has 1 amide bonds. The predicted molar refractivity (Wildman–Crippen MR) is 88.4 cm³/mol. The highest BCUT2D eigenvalue weighted by atomic mass is 16.2. The predicted octanol–water partition coefficient (Wildman–Crippen LogP) is 2.94. The van der Waals surface area contributed by atoms with Crippen LogP contribution in [0.25, 0.3) is 0 Å². The number of amides is 1. The summed E-state index contributed by atoms with van der Waals surface area (Å²) in [6, 6.07) is 0. The minimum absolute atomic E-state index is 0.00974. The van der Waals surface area contributed by atoms with Gasteiger partial charge in [-0.05, 0) is 47.1 Å². The third-order valence-corrected chi connectivity index (χ3v) is 3.46. The standard InChI is InChI=1S/C16H28N4O/c1-7-8-16(5,6)19-15(21)12(2)10-18-20-11-17-13(3)9-14(20)4/h9-10,12H,7-8,11H2,1-6H3,(H,19,21)/b18-10-. The number of carbonyl (C=O) groups excluding carboxylic acids is 1. The number of nitrogens with zero attached hydrogens (tertiary/aromatic N) is 3. The molecule has 1 aliphatic rings. The van der Waals surface area contributed by atoms with Gasteiger partial charge in [-0.2, -0.15) is 5.10 Å². The van der Waals surface area contributed by atoms with Crippen molar-refractivity contribution in [3.8, 4) is 0 Å². The highest BCUT2D eigenvalue weighted by Gasteiger charge is 2.22. The first-order chi connectivity index (χ1) is 9.75. The Morgan fingerprint density at radius 2 is 2.24 bits per heavy atom. The summed E-state index contributed by atoms with van der Waals surface area (Å²) in [6.45, 7) is 12.5. The van der Waals surface area contributed by atoms with E-state index < -0.39 is 0 Å². The number of allylic oxidation sites excluding steroid dienone is 2. The molecule has 1 aliphatic heterocycles. The van der Waals surface area contributed by atoms with Crippen LogP contribution >= 0.6 is 0 Å². The molecule has 1 atom stereocenters. The molecule has 0 radical (unpaired) electrons. The van der Waals surface area contributed by atoms with Crippen molar-refractivity contribution >= 4 is 17.8 Å². The number of rotatable bonds is 6. The largest absolute Gasteiger partial charge is 0.351 e. The fraction of sp³-hybridized carbons (Fsp3) is 0.688. The molecule has 1 unspecified atom stereocenters. The molecule has 0 saturated heterocycles. The van der Waals surface area contributed by atoms with E-state index >= 15 is 0 Å². The van der Waals surface area contributed by atoms with Crippen LogP contribution < -0.4 is 5.32 Å². The molecule has 0 saturated carbocycles. The summed E-state index contributed by atoms with van der Waals surface area (Å²) in [5.74, 6) is -0.253. The maximum atomic E-state index is 12.2. The summed E-state index contributed by atoms with van der Waals surface area (Å²) >= 11 is 0. The summed E-state index contributed by atoms with van der Waals surface area (Å²) < 4.78 is 0. The Labute approximate surface area is 128 Å². The Morgan fingerprint density at radius 1 is 1.57 bits per heavy atom. The van der Waals surface area contributed by atoms with Gasteiger partial charge >= 0.3 is 0 Å². The lowest BCUT2D eigenvalue weighted by Crippen LogP contribution is -2.45. The molecule has 21 heavy (non-hydrogen) atoms. The number of hydrogen-bond donors (Lipinski definition) is 1. The Hall–Kier alpha value is -1.65. The van der Waals surface area contributed by atoms with Crippen LogP contribution in [0.3, 0.4) is 0 Å². The van der Waals surface area contributed by atoms with Crippen molar-refractivity contribution in [1.82, 2.24) is 10.3 Å². The Balaban J connectivity index is 2.57. The molecule has 0 aliphatic carbocycles. The SMILES string of the molecule is CCCC(C)(C)NC(=O)C(C)/C=N\N1CN=C(C)C=C1C. The first kappa shape index (κ1) is 17.4. The molecule has 0 aromatic heterocycles. The summed E-state index contributed by atoms with van der Waals surface area (Å²) in [5.41, 5.74) is 1.87. The molecule has 5 nitrogen and oxygen atoms in total. The smallest absolute Gasteiger partial charge is 0.228 e. The van der Waals surface area contributed by atoms with Gasteiger partial charge in [-0.3, -0.25) is 9.79 Å².